The molecular weight excluding hydrogens is 394 g/mol. The number of aliphatic hydroxyl groups is 1. The summed E-state index contributed by atoms with van der Waals surface area (Å²) in [6, 6.07) is 7.85. The third-order valence-corrected chi connectivity index (χ3v) is 5.58. The summed E-state index contributed by atoms with van der Waals surface area (Å²) in [4.78, 5) is 8.70. The minimum Gasteiger partial charge on any atom is -0.454 e. The lowest BCUT2D eigenvalue weighted by Gasteiger charge is -2.16. The Hall–Kier alpha value is -2.97. The Morgan fingerprint density at radius 3 is 2.74 bits per heavy atom. The van der Waals surface area contributed by atoms with Crippen molar-refractivity contribution in [2.24, 2.45) is 0 Å². The maximum Gasteiger partial charge on any atom is 0.168 e. The Morgan fingerprint density at radius 2 is 2.06 bits per heavy atom. The van der Waals surface area contributed by atoms with Crippen LogP contribution in [0.3, 0.4) is 0 Å². The molecule has 0 bridgehead atoms. The Kier molecular flexibility index (Phi) is 5.11. The van der Waals surface area contributed by atoms with Crippen LogP contribution in [0.4, 0.5) is 11.5 Å². The number of nitrogens with zero attached hydrogens (tertiary/aromatic N) is 4. The summed E-state index contributed by atoms with van der Waals surface area (Å²) in [6.07, 6.45) is 8.71. The second-order valence-corrected chi connectivity index (χ2v) is 8.75. The first-order valence-electron chi connectivity index (χ1n) is 10.7. The van der Waals surface area contributed by atoms with Gasteiger partial charge in [-0.15, -0.1) is 0 Å². The van der Waals surface area contributed by atoms with Crippen molar-refractivity contribution in [2.45, 2.75) is 50.7 Å². The third-order valence-electron chi connectivity index (χ3n) is 5.58. The van der Waals surface area contributed by atoms with Crippen LogP contribution in [-0.4, -0.2) is 38.1 Å². The predicted molar refractivity (Wildman–Crippen MR) is 116 cm³/mol. The molecule has 3 aromatic heterocycles. The number of hydrogen-bond donors (Lipinski definition) is 2. The topological polar surface area (TPSA) is 94.3 Å². The van der Waals surface area contributed by atoms with Gasteiger partial charge in [-0.3, -0.25) is 9.67 Å². The van der Waals surface area contributed by atoms with Gasteiger partial charge in [0.25, 0.3) is 0 Å². The van der Waals surface area contributed by atoms with Crippen molar-refractivity contribution in [3.05, 3.63) is 54.2 Å². The second kappa shape index (κ2) is 7.94. The van der Waals surface area contributed by atoms with Crippen LogP contribution in [0.25, 0.3) is 0 Å². The van der Waals surface area contributed by atoms with E-state index >= 15 is 0 Å². The molecule has 0 aromatic carbocycles. The molecule has 162 valence electrons. The number of pyridine rings is 2. The van der Waals surface area contributed by atoms with Crippen molar-refractivity contribution in [1.29, 1.82) is 0 Å². The maximum absolute atomic E-state index is 10.1. The monoisotopic (exact) mass is 421 g/mol. The minimum atomic E-state index is -0.975. The van der Waals surface area contributed by atoms with Crippen molar-refractivity contribution in [1.82, 2.24) is 19.7 Å². The quantitative estimate of drug-likeness (QED) is 0.588. The fourth-order valence-corrected chi connectivity index (χ4v) is 3.67. The lowest BCUT2D eigenvalue weighted by Crippen LogP contribution is -2.17. The SMILES string of the molecule is CC(C)(O)c1ccc(Nc2cc(Oc3cn(C4CC4)nc3C3CCOC3)ccn2)cn1. The summed E-state index contributed by atoms with van der Waals surface area (Å²) in [7, 11) is 0. The molecule has 1 unspecified atom stereocenters. The standard InChI is InChI=1S/C23H27N5O3/c1-23(2,29)20-6-3-16(12-25-20)26-21-11-18(7-9-24-21)31-19-13-28(17-4-5-17)27-22(19)15-8-10-30-14-15/h3,6-7,9,11-13,15,17,29H,4-5,8,10,14H2,1-2H3,(H,24,26). The molecule has 2 N–H and O–H groups in total. The highest BCUT2D eigenvalue weighted by Crippen LogP contribution is 2.40. The van der Waals surface area contributed by atoms with Crippen molar-refractivity contribution in [3.8, 4) is 11.5 Å². The van der Waals surface area contributed by atoms with Gasteiger partial charge in [-0.1, -0.05) is 0 Å². The molecule has 1 atom stereocenters. The fraction of sp³-hybridized carbons (Fsp3) is 0.435. The van der Waals surface area contributed by atoms with Gasteiger partial charge in [0.05, 0.1) is 36.4 Å². The number of hydrogen-bond acceptors (Lipinski definition) is 7. The molecule has 3 aromatic rings. The lowest BCUT2D eigenvalue weighted by atomic mass is 10.1. The first kappa shape index (κ1) is 20.0. The Labute approximate surface area is 181 Å². The maximum atomic E-state index is 10.1. The minimum absolute atomic E-state index is 0.273. The molecule has 0 spiro atoms. The van der Waals surface area contributed by atoms with Crippen molar-refractivity contribution in [2.75, 3.05) is 18.5 Å². The number of nitrogens with one attached hydrogen (secondary N) is 1. The zero-order valence-electron chi connectivity index (χ0n) is 17.8. The summed E-state index contributed by atoms with van der Waals surface area (Å²) >= 11 is 0. The van der Waals surface area contributed by atoms with E-state index < -0.39 is 5.60 Å². The van der Waals surface area contributed by atoms with Gasteiger partial charge in [0, 0.05) is 24.8 Å². The molecule has 2 fully saturated rings. The highest BCUT2D eigenvalue weighted by atomic mass is 16.5. The van der Waals surface area contributed by atoms with Gasteiger partial charge in [-0.2, -0.15) is 5.10 Å². The Balaban J connectivity index is 1.34. The molecule has 0 radical (unpaired) electrons. The third kappa shape index (κ3) is 4.55. The number of ether oxygens (including phenoxy) is 2. The zero-order valence-corrected chi connectivity index (χ0v) is 17.8. The second-order valence-electron chi connectivity index (χ2n) is 8.75. The summed E-state index contributed by atoms with van der Waals surface area (Å²) < 4.78 is 13.9. The van der Waals surface area contributed by atoms with E-state index in [1.165, 1.54) is 12.8 Å². The van der Waals surface area contributed by atoms with Gasteiger partial charge in [-0.25, -0.2) is 4.98 Å². The number of rotatable bonds is 7. The molecule has 1 saturated carbocycles. The Bertz CT molecular complexity index is 1050. The van der Waals surface area contributed by atoms with Crippen LogP contribution in [0.5, 0.6) is 11.5 Å². The highest BCUT2D eigenvalue weighted by molar-refractivity contribution is 5.56. The molecule has 0 amide bonds. The first-order chi connectivity index (χ1) is 15.0. The van der Waals surface area contributed by atoms with Gasteiger partial charge in [0.15, 0.2) is 5.75 Å². The van der Waals surface area contributed by atoms with Crippen molar-refractivity contribution < 1.29 is 14.6 Å². The average molecular weight is 422 g/mol. The van der Waals surface area contributed by atoms with Crippen LogP contribution in [-0.2, 0) is 10.3 Å². The van der Waals surface area contributed by atoms with E-state index in [-0.39, 0.29) is 5.92 Å². The summed E-state index contributed by atoms with van der Waals surface area (Å²) in [6.45, 7) is 4.88. The van der Waals surface area contributed by atoms with Gasteiger partial charge >= 0.3 is 0 Å². The van der Waals surface area contributed by atoms with Crippen molar-refractivity contribution in [3.63, 3.8) is 0 Å². The molecule has 2 aliphatic rings. The summed E-state index contributed by atoms with van der Waals surface area (Å²) in [5.41, 5.74) is 1.39. The van der Waals surface area contributed by atoms with Gasteiger partial charge in [0.2, 0.25) is 0 Å². The average Bonchev–Trinajstić information content (AvgIpc) is 3.28. The molecule has 31 heavy (non-hydrogen) atoms. The van der Waals surface area contributed by atoms with Crippen LogP contribution in [0.15, 0.2) is 42.9 Å². The van der Waals surface area contributed by atoms with Crippen LogP contribution in [0.1, 0.15) is 56.5 Å². The molecule has 8 nitrogen and oxygen atoms in total. The van der Waals surface area contributed by atoms with E-state index in [1.54, 1.807) is 32.3 Å². The smallest absolute Gasteiger partial charge is 0.168 e. The Morgan fingerprint density at radius 1 is 1.19 bits per heavy atom. The van der Waals surface area contributed by atoms with E-state index in [0.717, 1.165) is 30.2 Å². The normalized spacial score (nSPS) is 18.9. The zero-order chi connectivity index (χ0) is 21.4. The molecule has 5 rings (SSSR count). The molecule has 1 saturated heterocycles. The van der Waals surface area contributed by atoms with E-state index in [2.05, 4.69) is 15.3 Å². The van der Waals surface area contributed by atoms with Crippen LogP contribution in [0.2, 0.25) is 0 Å². The first-order valence-corrected chi connectivity index (χ1v) is 10.7. The van der Waals surface area contributed by atoms with Crippen LogP contribution >= 0.6 is 0 Å². The van der Waals surface area contributed by atoms with Crippen molar-refractivity contribution >= 4 is 11.5 Å². The number of aromatic nitrogens is 4. The van der Waals surface area contributed by atoms with E-state index in [1.807, 2.05) is 29.1 Å². The van der Waals surface area contributed by atoms with Gasteiger partial charge in [0.1, 0.15) is 22.9 Å². The van der Waals surface area contributed by atoms with E-state index in [9.17, 15) is 5.11 Å². The summed E-state index contributed by atoms with van der Waals surface area (Å²) in [5.74, 6) is 2.40. The predicted octanol–water partition coefficient (Wildman–Crippen LogP) is 4.28. The molecule has 1 aliphatic carbocycles. The van der Waals surface area contributed by atoms with E-state index in [4.69, 9.17) is 14.6 Å². The molecular formula is C23H27N5O3. The largest absolute Gasteiger partial charge is 0.454 e. The van der Waals surface area contributed by atoms with Crippen LogP contribution < -0.4 is 10.1 Å². The highest BCUT2D eigenvalue weighted by Gasteiger charge is 2.30. The fourth-order valence-electron chi connectivity index (χ4n) is 3.67. The lowest BCUT2D eigenvalue weighted by molar-refractivity contribution is 0.0739. The molecule has 8 heteroatoms. The summed E-state index contributed by atoms with van der Waals surface area (Å²) in [5, 5.41) is 18.1. The molecule has 1 aliphatic heterocycles. The van der Waals surface area contributed by atoms with Crippen LogP contribution in [0, 0.1) is 0 Å². The van der Waals surface area contributed by atoms with Gasteiger partial charge < -0.3 is 19.9 Å². The van der Waals surface area contributed by atoms with E-state index in [0.29, 0.717) is 29.9 Å². The van der Waals surface area contributed by atoms with Gasteiger partial charge in [-0.05, 0) is 51.3 Å². The molecule has 4 heterocycles. The number of anilines is 2.